The van der Waals surface area contributed by atoms with Gasteiger partial charge in [0, 0.05) is 6.20 Å². The van der Waals surface area contributed by atoms with Crippen LogP contribution in [0.4, 0.5) is 10.1 Å². The highest BCUT2D eigenvalue weighted by Gasteiger charge is 2.65. The molecule has 7 heteroatoms. The minimum Gasteiger partial charge on any atom is -0.480 e. The molecule has 0 bridgehead atoms. The molecule has 2 N–H and O–H groups in total. The average Bonchev–Trinajstić information content (AvgIpc) is 2.58. The maximum atomic E-state index is 13.0. The number of pyridine rings is 1. The van der Waals surface area contributed by atoms with E-state index in [0.29, 0.717) is 12.8 Å². The van der Waals surface area contributed by atoms with Gasteiger partial charge >= 0.3 is 5.97 Å². The van der Waals surface area contributed by atoms with Crippen molar-refractivity contribution >= 4 is 17.6 Å². The van der Waals surface area contributed by atoms with Gasteiger partial charge in [0.1, 0.15) is 16.9 Å². The van der Waals surface area contributed by atoms with Gasteiger partial charge in [0.15, 0.2) is 0 Å². The number of anilines is 1. The monoisotopic (exact) mass is 384 g/mol. The third-order valence-electron chi connectivity index (χ3n) is 6.15. The molecule has 0 unspecified atom stereocenters. The number of nitrogens with one attached hydrogen (secondary N) is 1. The summed E-state index contributed by atoms with van der Waals surface area (Å²) < 4.78 is 14.4. The van der Waals surface area contributed by atoms with E-state index in [0.717, 1.165) is 24.8 Å². The van der Waals surface area contributed by atoms with Gasteiger partial charge in [-0.2, -0.15) is 0 Å². The van der Waals surface area contributed by atoms with Crippen LogP contribution in [-0.2, 0) is 16.1 Å². The van der Waals surface area contributed by atoms with E-state index in [-0.39, 0.29) is 23.5 Å². The van der Waals surface area contributed by atoms with E-state index in [1.165, 1.54) is 22.8 Å². The lowest BCUT2D eigenvalue weighted by Gasteiger charge is -2.57. The summed E-state index contributed by atoms with van der Waals surface area (Å²) in [5, 5.41) is 12.2. The molecule has 1 aromatic carbocycles. The van der Waals surface area contributed by atoms with Gasteiger partial charge in [-0.3, -0.25) is 14.4 Å². The van der Waals surface area contributed by atoms with Crippen molar-refractivity contribution in [2.75, 3.05) is 5.32 Å². The van der Waals surface area contributed by atoms with E-state index in [9.17, 15) is 23.9 Å². The number of carboxylic acids is 1. The number of hydrogen-bond donors (Lipinski definition) is 2. The Morgan fingerprint density at radius 1 is 1.14 bits per heavy atom. The quantitative estimate of drug-likeness (QED) is 0.776. The number of rotatable bonds is 5. The summed E-state index contributed by atoms with van der Waals surface area (Å²) in [5.41, 5.74) is -1.11. The number of carboxylic acid groups (broad SMARTS) is 1. The van der Waals surface area contributed by atoms with Crippen LogP contribution in [0.5, 0.6) is 0 Å². The Hall–Kier alpha value is -2.96. The molecule has 0 aliphatic heterocycles. The summed E-state index contributed by atoms with van der Waals surface area (Å²) in [5.74, 6) is -2.12. The zero-order chi connectivity index (χ0) is 19.9. The summed E-state index contributed by atoms with van der Waals surface area (Å²) in [4.78, 5) is 37.3. The molecule has 2 fully saturated rings. The van der Waals surface area contributed by atoms with Crippen molar-refractivity contribution in [1.82, 2.24) is 4.57 Å². The fraction of sp³-hybridized carbons (Fsp3) is 0.381. The maximum absolute atomic E-state index is 13.0. The van der Waals surface area contributed by atoms with E-state index in [2.05, 4.69) is 5.32 Å². The van der Waals surface area contributed by atoms with Gasteiger partial charge < -0.3 is 15.0 Å². The molecule has 0 atom stereocenters. The molecule has 0 radical (unpaired) electrons. The third-order valence-corrected chi connectivity index (χ3v) is 6.15. The second-order valence-corrected chi connectivity index (χ2v) is 8.03. The van der Waals surface area contributed by atoms with Crippen molar-refractivity contribution in [2.45, 2.75) is 38.6 Å². The number of carbonyl (C=O) groups is 2. The molecule has 6 nitrogen and oxygen atoms in total. The summed E-state index contributed by atoms with van der Waals surface area (Å²) in [6.45, 7) is 0.218. The lowest BCUT2D eigenvalue weighted by atomic mass is 9.45. The fourth-order valence-corrected chi connectivity index (χ4v) is 4.45. The van der Waals surface area contributed by atoms with Crippen molar-refractivity contribution in [2.24, 2.45) is 10.8 Å². The fourth-order valence-electron chi connectivity index (χ4n) is 4.45. The molecule has 1 spiro atoms. The lowest BCUT2D eigenvalue weighted by Crippen LogP contribution is -2.60. The summed E-state index contributed by atoms with van der Waals surface area (Å²) in [6.07, 6.45) is 5.23. The highest BCUT2D eigenvalue weighted by Crippen LogP contribution is 2.64. The van der Waals surface area contributed by atoms with Crippen LogP contribution in [0.2, 0.25) is 0 Å². The van der Waals surface area contributed by atoms with Gasteiger partial charge in [-0.05, 0) is 60.9 Å². The Bertz CT molecular complexity index is 984. The van der Waals surface area contributed by atoms with Crippen LogP contribution < -0.4 is 10.9 Å². The van der Waals surface area contributed by atoms with Gasteiger partial charge in [0.25, 0.3) is 5.56 Å². The molecule has 146 valence electrons. The van der Waals surface area contributed by atoms with Gasteiger partial charge in [-0.25, -0.2) is 4.39 Å². The number of halogens is 1. The molecule has 4 rings (SSSR count). The predicted octanol–water partition coefficient (Wildman–Crippen LogP) is 3.01. The highest BCUT2D eigenvalue weighted by atomic mass is 19.1. The normalized spacial score (nSPS) is 18.8. The van der Waals surface area contributed by atoms with Crippen LogP contribution in [0.1, 0.15) is 37.7 Å². The molecular formula is C21H21FN2O4. The molecule has 28 heavy (non-hydrogen) atoms. The highest BCUT2D eigenvalue weighted by molar-refractivity contribution is 6.09. The van der Waals surface area contributed by atoms with E-state index < -0.39 is 22.9 Å². The first-order valence-corrected chi connectivity index (χ1v) is 9.32. The molecule has 0 saturated heterocycles. The van der Waals surface area contributed by atoms with Gasteiger partial charge in [0.2, 0.25) is 5.91 Å². The summed E-state index contributed by atoms with van der Waals surface area (Å²) >= 11 is 0. The number of amides is 1. The lowest BCUT2D eigenvalue weighted by molar-refractivity contribution is -0.178. The Balaban J connectivity index is 1.53. The smallest absolute Gasteiger partial charge is 0.319 e. The molecule has 1 aromatic heterocycles. The standard InChI is InChI=1S/C21H21FN2O4/c22-15-6-4-14(5-7-15)11-24-10-1-3-16(17(24)25)23-18(26)21(19(27)28)12-20(13-21)8-2-9-20/h1,3-7,10H,2,8-9,11-13H2,(H,23,26)(H,27,28). The van der Waals surface area contributed by atoms with Crippen LogP contribution in [0.3, 0.4) is 0 Å². The Morgan fingerprint density at radius 2 is 1.82 bits per heavy atom. The van der Waals surface area contributed by atoms with Gasteiger partial charge in [-0.1, -0.05) is 18.6 Å². The first kappa shape index (κ1) is 18.4. The maximum Gasteiger partial charge on any atom is 0.319 e. The first-order valence-electron chi connectivity index (χ1n) is 9.32. The summed E-state index contributed by atoms with van der Waals surface area (Å²) in [6, 6.07) is 8.87. The Kier molecular flexibility index (Phi) is 4.33. The van der Waals surface area contributed by atoms with E-state index >= 15 is 0 Å². The van der Waals surface area contributed by atoms with Crippen molar-refractivity contribution < 1.29 is 19.1 Å². The summed E-state index contributed by atoms with van der Waals surface area (Å²) in [7, 11) is 0. The minimum absolute atomic E-state index is 0.00476. The number of aliphatic carboxylic acids is 1. The number of aromatic nitrogens is 1. The zero-order valence-electron chi connectivity index (χ0n) is 15.3. The van der Waals surface area contributed by atoms with Crippen molar-refractivity contribution in [3.05, 3.63) is 64.3 Å². The average molecular weight is 384 g/mol. The van der Waals surface area contributed by atoms with Gasteiger partial charge in [-0.15, -0.1) is 0 Å². The molecule has 2 aromatic rings. The number of nitrogens with zero attached hydrogens (tertiary/aromatic N) is 1. The van der Waals surface area contributed by atoms with Crippen LogP contribution in [-0.4, -0.2) is 21.6 Å². The largest absolute Gasteiger partial charge is 0.480 e. The minimum atomic E-state index is -1.45. The first-order chi connectivity index (χ1) is 13.3. The molecule has 2 aliphatic carbocycles. The van der Waals surface area contributed by atoms with Crippen molar-refractivity contribution in [3.63, 3.8) is 0 Å². The van der Waals surface area contributed by atoms with Crippen molar-refractivity contribution in [1.29, 1.82) is 0 Å². The third kappa shape index (κ3) is 3.00. The van der Waals surface area contributed by atoms with E-state index in [1.54, 1.807) is 24.4 Å². The molecule has 1 heterocycles. The Morgan fingerprint density at radius 3 is 2.39 bits per heavy atom. The topological polar surface area (TPSA) is 88.4 Å². The van der Waals surface area contributed by atoms with Crippen LogP contribution >= 0.6 is 0 Å². The molecule has 2 saturated carbocycles. The zero-order valence-corrected chi connectivity index (χ0v) is 15.3. The number of benzene rings is 1. The predicted molar refractivity (Wildman–Crippen MR) is 100 cm³/mol. The van der Waals surface area contributed by atoms with Gasteiger partial charge in [0.05, 0.1) is 6.54 Å². The van der Waals surface area contributed by atoms with Crippen LogP contribution in [0.25, 0.3) is 0 Å². The molecule has 2 aliphatic rings. The SMILES string of the molecule is O=C(O)C1(C(=O)Nc2cccn(Cc3ccc(F)cc3)c2=O)CC2(CCC2)C1. The second-order valence-electron chi connectivity index (χ2n) is 8.03. The van der Waals surface area contributed by atoms with Crippen LogP contribution in [0, 0.1) is 16.6 Å². The van der Waals surface area contributed by atoms with Crippen molar-refractivity contribution in [3.8, 4) is 0 Å². The molecule has 1 amide bonds. The number of hydrogen-bond acceptors (Lipinski definition) is 3. The Labute approximate surface area is 161 Å². The number of carbonyl (C=O) groups excluding carboxylic acids is 1. The molecular weight excluding hydrogens is 363 g/mol. The van der Waals surface area contributed by atoms with E-state index in [1.807, 2.05) is 0 Å². The van der Waals surface area contributed by atoms with Crippen LogP contribution in [0.15, 0.2) is 47.4 Å². The second kappa shape index (κ2) is 6.58. The van der Waals surface area contributed by atoms with E-state index in [4.69, 9.17) is 0 Å².